The third kappa shape index (κ3) is 4.66. The molecule has 1 aromatic carbocycles. The van der Waals surface area contributed by atoms with Gasteiger partial charge in [-0.05, 0) is 44.0 Å². The number of aliphatic carboxylic acids is 1. The lowest BCUT2D eigenvalue weighted by molar-refractivity contribution is -0.140. The minimum absolute atomic E-state index is 0.193. The average molecular weight is 287 g/mol. The first-order valence-corrected chi connectivity index (χ1v) is 6.33. The van der Waals surface area contributed by atoms with Crippen LogP contribution in [0.15, 0.2) is 30.0 Å². The third-order valence-corrected chi connectivity index (χ3v) is 2.97. The van der Waals surface area contributed by atoms with Crippen molar-refractivity contribution in [1.82, 2.24) is 5.32 Å². The first-order valence-electron chi connectivity index (χ1n) is 6.33. The van der Waals surface area contributed by atoms with Crippen molar-refractivity contribution in [3.63, 3.8) is 0 Å². The third-order valence-electron chi connectivity index (χ3n) is 2.97. The molecule has 0 radical (unpaired) electrons. The van der Waals surface area contributed by atoms with Crippen LogP contribution in [0.4, 0.5) is 5.69 Å². The van der Waals surface area contributed by atoms with E-state index in [9.17, 15) is 9.59 Å². The smallest absolute Gasteiger partial charge is 0.325 e. The second kappa shape index (κ2) is 7.10. The molecular weight excluding hydrogens is 270 g/mol. The van der Waals surface area contributed by atoms with Crippen LogP contribution in [0.5, 0.6) is 0 Å². The molecule has 0 bridgehead atoms. The summed E-state index contributed by atoms with van der Waals surface area (Å²) in [6.45, 7) is 5.26. The SMILES string of the molecule is Cc1ccc(N/C=C(/C#N)C(=O)NC(C)C(=O)O)cc1C. The quantitative estimate of drug-likeness (QED) is 0.565. The maximum absolute atomic E-state index is 11.7. The van der Waals surface area contributed by atoms with Crippen LogP contribution in [0.2, 0.25) is 0 Å². The zero-order valence-electron chi connectivity index (χ0n) is 12.1. The van der Waals surface area contributed by atoms with Crippen LogP contribution < -0.4 is 10.6 Å². The van der Waals surface area contributed by atoms with E-state index in [2.05, 4.69) is 10.6 Å². The number of nitrogens with zero attached hydrogens (tertiary/aromatic N) is 1. The molecule has 21 heavy (non-hydrogen) atoms. The Labute approximate surface area is 123 Å². The Kier molecular flexibility index (Phi) is 5.49. The number of nitrogens with one attached hydrogen (secondary N) is 2. The van der Waals surface area contributed by atoms with Crippen molar-refractivity contribution in [3.05, 3.63) is 41.1 Å². The molecule has 0 aliphatic rings. The predicted molar refractivity (Wildman–Crippen MR) is 78.5 cm³/mol. The number of amides is 1. The van der Waals surface area contributed by atoms with Crippen molar-refractivity contribution >= 4 is 17.6 Å². The molecule has 0 heterocycles. The fourth-order valence-electron chi connectivity index (χ4n) is 1.47. The van der Waals surface area contributed by atoms with Crippen LogP contribution in [-0.2, 0) is 9.59 Å². The number of hydrogen-bond donors (Lipinski definition) is 3. The van der Waals surface area contributed by atoms with Gasteiger partial charge in [0, 0.05) is 11.9 Å². The van der Waals surface area contributed by atoms with Crippen LogP contribution in [0.1, 0.15) is 18.1 Å². The van der Waals surface area contributed by atoms with Crippen LogP contribution in [0, 0.1) is 25.2 Å². The summed E-state index contributed by atoms with van der Waals surface area (Å²) in [7, 11) is 0. The Morgan fingerprint density at radius 3 is 2.52 bits per heavy atom. The topological polar surface area (TPSA) is 102 Å². The molecule has 0 spiro atoms. The van der Waals surface area contributed by atoms with Gasteiger partial charge in [0.15, 0.2) is 0 Å². The van der Waals surface area contributed by atoms with Gasteiger partial charge in [-0.3, -0.25) is 9.59 Å². The largest absolute Gasteiger partial charge is 0.480 e. The molecule has 6 nitrogen and oxygen atoms in total. The summed E-state index contributed by atoms with van der Waals surface area (Å²) >= 11 is 0. The van der Waals surface area contributed by atoms with E-state index in [0.29, 0.717) is 0 Å². The fraction of sp³-hybridized carbons (Fsp3) is 0.267. The fourth-order valence-corrected chi connectivity index (χ4v) is 1.47. The lowest BCUT2D eigenvalue weighted by Crippen LogP contribution is -2.39. The molecule has 3 N–H and O–H groups in total. The molecule has 1 amide bonds. The normalized spacial score (nSPS) is 12.2. The van der Waals surface area contributed by atoms with Gasteiger partial charge in [0.25, 0.3) is 5.91 Å². The zero-order chi connectivity index (χ0) is 16.0. The van der Waals surface area contributed by atoms with Crippen molar-refractivity contribution in [2.45, 2.75) is 26.8 Å². The van der Waals surface area contributed by atoms with E-state index in [4.69, 9.17) is 10.4 Å². The van der Waals surface area contributed by atoms with Gasteiger partial charge in [-0.2, -0.15) is 5.26 Å². The number of carboxylic acid groups (broad SMARTS) is 1. The first kappa shape index (κ1) is 16.2. The van der Waals surface area contributed by atoms with Gasteiger partial charge in [-0.1, -0.05) is 6.07 Å². The molecule has 0 aliphatic carbocycles. The Balaban J connectivity index is 2.80. The summed E-state index contributed by atoms with van der Waals surface area (Å²) in [5.74, 6) is -1.90. The Hall–Kier alpha value is -2.81. The van der Waals surface area contributed by atoms with Crippen LogP contribution in [0.3, 0.4) is 0 Å². The minimum atomic E-state index is -1.16. The summed E-state index contributed by atoms with van der Waals surface area (Å²) < 4.78 is 0. The van der Waals surface area contributed by atoms with Gasteiger partial charge in [-0.15, -0.1) is 0 Å². The van der Waals surface area contributed by atoms with Crippen molar-refractivity contribution in [2.24, 2.45) is 0 Å². The van der Waals surface area contributed by atoms with E-state index in [1.165, 1.54) is 13.1 Å². The minimum Gasteiger partial charge on any atom is -0.480 e. The van der Waals surface area contributed by atoms with E-state index in [-0.39, 0.29) is 5.57 Å². The first-order chi connectivity index (χ1) is 9.85. The number of hydrogen-bond acceptors (Lipinski definition) is 4. The number of nitriles is 1. The molecule has 1 unspecified atom stereocenters. The average Bonchev–Trinajstić information content (AvgIpc) is 2.43. The number of benzene rings is 1. The van der Waals surface area contributed by atoms with Crippen LogP contribution in [0.25, 0.3) is 0 Å². The predicted octanol–water partition coefficient (Wildman–Crippen LogP) is 1.71. The van der Waals surface area contributed by atoms with E-state index < -0.39 is 17.9 Å². The molecule has 6 heteroatoms. The molecule has 110 valence electrons. The summed E-state index contributed by atoms with van der Waals surface area (Å²) in [6.07, 6.45) is 1.26. The van der Waals surface area contributed by atoms with Gasteiger partial charge in [0.05, 0.1) is 0 Å². The Bertz CT molecular complexity index is 630. The molecular formula is C15H17N3O3. The lowest BCUT2D eigenvalue weighted by atomic mass is 10.1. The van der Waals surface area contributed by atoms with E-state index in [1.807, 2.05) is 32.0 Å². The zero-order valence-corrected chi connectivity index (χ0v) is 12.1. The number of carbonyl (C=O) groups excluding carboxylic acids is 1. The van der Waals surface area contributed by atoms with Crippen molar-refractivity contribution < 1.29 is 14.7 Å². The monoisotopic (exact) mass is 287 g/mol. The van der Waals surface area contributed by atoms with E-state index in [1.54, 1.807) is 6.07 Å². The second-order valence-electron chi connectivity index (χ2n) is 4.65. The number of carboxylic acids is 1. The second-order valence-corrected chi connectivity index (χ2v) is 4.65. The van der Waals surface area contributed by atoms with Gasteiger partial charge < -0.3 is 15.7 Å². The van der Waals surface area contributed by atoms with Gasteiger partial charge in [-0.25, -0.2) is 0 Å². The van der Waals surface area contributed by atoms with Gasteiger partial charge in [0.1, 0.15) is 17.7 Å². The number of anilines is 1. The molecule has 0 aromatic heterocycles. The van der Waals surface area contributed by atoms with E-state index in [0.717, 1.165) is 16.8 Å². The molecule has 0 saturated carbocycles. The van der Waals surface area contributed by atoms with Crippen molar-refractivity contribution in [2.75, 3.05) is 5.32 Å². The van der Waals surface area contributed by atoms with Crippen LogP contribution >= 0.6 is 0 Å². The molecule has 1 aromatic rings. The Morgan fingerprint density at radius 1 is 1.33 bits per heavy atom. The van der Waals surface area contributed by atoms with Crippen molar-refractivity contribution in [1.29, 1.82) is 5.26 Å². The number of rotatable bonds is 5. The Morgan fingerprint density at radius 2 is 2.00 bits per heavy atom. The highest BCUT2D eigenvalue weighted by atomic mass is 16.4. The highest BCUT2D eigenvalue weighted by Gasteiger charge is 2.16. The molecule has 0 fully saturated rings. The summed E-state index contributed by atoms with van der Waals surface area (Å²) in [4.78, 5) is 22.4. The maximum Gasteiger partial charge on any atom is 0.325 e. The lowest BCUT2D eigenvalue weighted by Gasteiger charge is -2.09. The summed E-state index contributed by atoms with van der Waals surface area (Å²) in [5.41, 5.74) is 2.76. The number of carbonyl (C=O) groups is 2. The van der Waals surface area contributed by atoms with Crippen LogP contribution in [-0.4, -0.2) is 23.0 Å². The standard InChI is InChI=1S/C15H17N3O3/c1-9-4-5-13(6-10(9)2)17-8-12(7-16)14(19)18-11(3)15(20)21/h4-6,8,11,17H,1-3H3,(H,18,19)(H,20,21)/b12-8-. The summed E-state index contributed by atoms with van der Waals surface area (Å²) in [6, 6.07) is 6.31. The molecule has 1 rings (SSSR count). The molecule has 0 aliphatic heterocycles. The number of aryl methyl sites for hydroxylation is 2. The molecule has 0 saturated heterocycles. The maximum atomic E-state index is 11.7. The van der Waals surface area contributed by atoms with Gasteiger partial charge >= 0.3 is 5.97 Å². The van der Waals surface area contributed by atoms with E-state index >= 15 is 0 Å². The highest BCUT2D eigenvalue weighted by Crippen LogP contribution is 2.14. The van der Waals surface area contributed by atoms with Crippen molar-refractivity contribution in [3.8, 4) is 6.07 Å². The van der Waals surface area contributed by atoms with Gasteiger partial charge in [0.2, 0.25) is 0 Å². The highest BCUT2D eigenvalue weighted by molar-refractivity contribution is 5.99. The molecule has 1 atom stereocenters. The summed E-state index contributed by atoms with van der Waals surface area (Å²) in [5, 5.41) is 22.7.